The summed E-state index contributed by atoms with van der Waals surface area (Å²) in [5.41, 5.74) is 6.88. The van der Waals surface area contributed by atoms with E-state index in [-0.39, 0.29) is 23.7 Å². The summed E-state index contributed by atoms with van der Waals surface area (Å²) in [6.45, 7) is 0. The van der Waals surface area contributed by atoms with Gasteiger partial charge in [0.1, 0.15) is 11.5 Å². The fourth-order valence-corrected chi connectivity index (χ4v) is 2.93. The zero-order chi connectivity index (χ0) is 15.5. The van der Waals surface area contributed by atoms with E-state index in [4.69, 9.17) is 5.73 Å². The van der Waals surface area contributed by atoms with Gasteiger partial charge >= 0.3 is 0 Å². The molecule has 22 heavy (non-hydrogen) atoms. The monoisotopic (exact) mass is 302 g/mol. The van der Waals surface area contributed by atoms with E-state index in [1.54, 1.807) is 24.4 Å². The number of anilines is 1. The molecule has 1 aliphatic rings. The highest BCUT2D eigenvalue weighted by atomic mass is 19.1. The normalized spacial score (nSPS) is 21.0. The van der Waals surface area contributed by atoms with Crippen molar-refractivity contribution < 1.29 is 9.18 Å². The third-order valence-electron chi connectivity index (χ3n) is 4.13. The van der Waals surface area contributed by atoms with Crippen LogP contribution < -0.4 is 11.1 Å². The minimum Gasteiger partial charge on any atom is -0.327 e. The molecule has 0 unspecified atom stereocenters. The zero-order valence-corrected chi connectivity index (χ0v) is 12.2. The van der Waals surface area contributed by atoms with Crippen molar-refractivity contribution in [2.24, 2.45) is 11.7 Å². The Morgan fingerprint density at radius 2 is 2.23 bits per heavy atom. The first-order valence-electron chi connectivity index (χ1n) is 7.48. The molecule has 1 aliphatic carbocycles. The van der Waals surface area contributed by atoms with E-state index in [0.29, 0.717) is 17.8 Å². The first-order valence-corrected chi connectivity index (χ1v) is 7.48. The van der Waals surface area contributed by atoms with Gasteiger partial charge in [-0.3, -0.25) is 4.79 Å². The fourth-order valence-electron chi connectivity index (χ4n) is 2.93. The summed E-state index contributed by atoms with van der Waals surface area (Å²) in [4.78, 5) is 12.0. The SMILES string of the molecule is N[C@@H]1CCC[C@H]1CC(=O)Nc1cnn(-c2ccccc2F)c1. The van der Waals surface area contributed by atoms with Crippen LogP contribution in [0.5, 0.6) is 0 Å². The van der Waals surface area contributed by atoms with Crippen molar-refractivity contribution in [3.05, 3.63) is 42.5 Å². The second-order valence-corrected chi connectivity index (χ2v) is 5.73. The Kier molecular flexibility index (Phi) is 4.20. The fraction of sp³-hybridized carbons (Fsp3) is 0.375. The number of para-hydroxylation sites is 1. The Bertz CT molecular complexity index is 670. The molecule has 1 fully saturated rings. The van der Waals surface area contributed by atoms with E-state index in [1.165, 1.54) is 16.9 Å². The first-order chi connectivity index (χ1) is 10.6. The minimum atomic E-state index is -0.361. The molecule has 1 amide bonds. The summed E-state index contributed by atoms with van der Waals surface area (Å²) in [5, 5.41) is 6.88. The van der Waals surface area contributed by atoms with E-state index >= 15 is 0 Å². The Labute approximate surface area is 128 Å². The van der Waals surface area contributed by atoms with Crippen LogP contribution in [0.25, 0.3) is 5.69 Å². The van der Waals surface area contributed by atoms with Crippen LogP contribution in [-0.4, -0.2) is 21.7 Å². The molecule has 2 aromatic rings. The maximum absolute atomic E-state index is 13.7. The average molecular weight is 302 g/mol. The lowest BCUT2D eigenvalue weighted by Crippen LogP contribution is -2.28. The molecule has 116 valence electrons. The Balaban J connectivity index is 1.64. The summed E-state index contributed by atoms with van der Waals surface area (Å²) in [7, 11) is 0. The maximum Gasteiger partial charge on any atom is 0.224 e. The lowest BCUT2D eigenvalue weighted by Gasteiger charge is -2.14. The molecular formula is C16H19FN4O. The third kappa shape index (κ3) is 3.17. The topological polar surface area (TPSA) is 72.9 Å². The summed E-state index contributed by atoms with van der Waals surface area (Å²) in [5.74, 6) is -0.183. The molecule has 1 heterocycles. The molecule has 0 saturated heterocycles. The van der Waals surface area contributed by atoms with Crippen molar-refractivity contribution >= 4 is 11.6 Å². The third-order valence-corrected chi connectivity index (χ3v) is 4.13. The molecule has 1 aromatic heterocycles. The van der Waals surface area contributed by atoms with Crippen molar-refractivity contribution in [1.29, 1.82) is 0 Å². The highest BCUT2D eigenvalue weighted by Gasteiger charge is 2.26. The van der Waals surface area contributed by atoms with E-state index in [9.17, 15) is 9.18 Å². The van der Waals surface area contributed by atoms with Crippen LogP contribution in [0, 0.1) is 11.7 Å². The number of rotatable bonds is 4. The van der Waals surface area contributed by atoms with Crippen molar-refractivity contribution in [2.45, 2.75) is 31.7 Å². The zero-order valence-electron chi connectivity index (χ0n) is 12.2. The van der Waals surface area contributed by atoms with E-state index in [2.05, 4.69) is 10.4 Å². The number of hydrogen-bond donors (Lipinski definition) is 2. The van der Waals surface area contributed by atoms with Crippen LogP contribution in [-0.2, 0) is 4.79 Å². The van der Waals surface area contributed by atoms with Gasteiger partial charge in [-0.2, -0.15) is 5.10 Å². The van der Waals surface area contributed by atoms with E-state index < -0.39 is 0 Å². The van der Waals surface area contributed by atoms with Gasteiger partial charge < -0.3 is 11.1 Å². The lowest BCUT2D eigenvalue weighted by atomic mass is 10.00. The van der Waals surface area contributed by atoms with Gasteiger partial charge in [-0.15, -0.1) is 0 Å². The number of nitrogens with one attached hydrogen (secondary N) is 1. The van der Waals surface area contributed by atoms with Gasteiger partial charge in [0.2, 0.25) is 5.91 Å². The number of nitrogens with zero attached hydrogens (tertiary/aromatic N) is 2. The summed E-state index contributed by atoms with van der Waals surface area (Å²) in [6, 6.07) is 6.48. The molecule has 0 aliphatic heterocycles. The van der Waals surface area contributed by atoms with Crippen LogP contribution in [0.15, 0.2) is 36.7 Å². The van der Waals surface area contributed by atoms with Crippen molar-refractivity contribution in [2.75, 3.05) is 5.32 Å². The smallest absolute Gasteiger partial charge is 0.224 e. The van der Waals surface area contributed by atoms with Crippen molar-refractivity contribution in [3.63, 3.8) is 0 Å². The Morgan fingerprint density at radius 1 is 1.41 bits per heavy atom. The van der Waals surface area contributed by atoms with Crippen molar-refractivity contribution in [3.8, 4) is 5.69 Å². The van der Waals surface area contributed by atoms with Crippen molar-refractivity contribution in [1.82, 2.24) is 9.78 Å². The molecule has 6 heteroatoms. The van der Waals surface area contributed by atoms with E-state index in [0.717, 1.165) is 19.3 Å². The highest BCUT2D eigenvalue weighted by Crippen LogP contribution is 2.27. The number of hydrogen-bond acceptors (Lipinski definition) is 3. The van der Waals surface area contributed by atoms with Crippen LogP contribution in [0.1, 0.15) is 25.7 Å². The number of benzene rings is 1. The van der Waals surface area contributed by atoms with Crippen LogP contribution in [0.2, 0.25) is 0 Å². The molecule has 5 nitrogen and oxygen atoms in total. The second kappa shape index (κ2) is 6.27. The summed E-state index contributed by atoms with van der Waals surface area (Å²) < 4.78 is 15.1. The largest absolute Gasteiger partial charge is 0.327 e. The van der Waals surface area contributed by atoms with Gasteiger partial charge in [-0.05, 0) is 30.9 Å². The summed E-state index contributed by atoms with van der Waals surface area (Å²) >= 11 is 0. The quantitative estimate of drug-likeness (QED) is 0.911. The molecule has 2 atom stereocenters. The molecule has 0 bridgehead atoms. The molecule has 0 spiro atoms. The molecule has 0 radical (unpaired) electrons. The van der Waals surface area contributed by atoms with E-state index in [1.807, 2.05) is 0 Å². The van der Waals surface area contributed by atoms with Gasteiger partial charge in [-0.25, -0.2) is 9.07 Å². The second-order valence-electron chi connectivity index (χ2n) is 5.73. The molecule has 1 aromatic carbocycles. The standard InChI is InChI=1S/C16H19FN4O/c17-13-5-1-2-7-15(13)21-10-12(9-19-21)20-16(22)8-11-4-3-6-14(11)18/h1-2,5,7,9-11,14H,3-4,6,8,18H2,(H,20,22)/t11-,14+/m0/s1. The molecule has 3 N–H and O–H groups in total. The van der Waals surface area contributed by atoms with Gasteiger partial charge in [0.15, 0.2) is 0 Å². The predicted octanol–water partition coefficient (Wildman–Crippen LogP) is 2.47. The molecular weight excluding hydrogens is 283 g/mol. The average Bonchev–Trinajstić information content (AvgIpc) is 3.10. The van der Waals surface area contributed by atoms with Gasteiger partial charge in [0.05, 0.1) is 18.1 Å². The minimum absolute atomic E-state index is 0.0737. The maximum atomic E-state index is 13.7. The number of nitrogens with two attached hydrogens (primary N) is 1. The number of amides is 1. The number of carbonyl (C=O) groups is 1. The first kappa shape index (κ1) is 14.7. The summed E-state index contributed by atoms with van der Waals surface area (Å²) in [6.07, 6.45) is 6.62. The van der Waals surface area contributed by atoms with Crippen LogP contribution >= 0.6 is 0 Å². The van der Waals surface area contributed by atoms with Gasteiger partial charge in [0.25, 0.3) is 0 Å². The molecule has 1 saturated carbocycles. The lowest BCUT2D eigenvalue weighted by molar-refractivity contribution is -0.117. The Morgan fingerprint density at radius 3 is 2.95 bits per heavy atom. The molecule has 3 rings (SSSR count). The van der Waals surface area contributed by atoms with Gasteiger partial charge in [-0.1, -0.05) is 18.6 Å². The number of halogens is 1. The van der Waals surface area contributed by atoms with Crippen LogP contribution in [0.3, 0.4) is 0 Å². The predicted molar refractivity (Wildman–Crippen MR) is 82.1 cm³/mol. The van der Waals surface area contributed by atoms with Gasteiger partial charge in [0, 0.05) is 12.5 Å². The number of aromatic nitrogens is 2. The number of carbonyl (C=O) groups excluding carboxylic acids is 1. The highest BCUT2D eigenvalue weighted by molar-refractivity contribution is 5.90. The Hall–Kier alpha value is -2.21. The van der Waals surface area contributed by atoms with Crippen LogP contribution in [0.4, 0.5) is 10.1 Å².